The fourth-order valence-corrected chi connectivity index (χ4v) is 1.74. The highest BCUT2D eigenvalue weighted by molar-refractivity contribution is 5.75. The predicted molar refractivity (Wildman–Crippen MR) is 74.9 cm³/mol. The Morgan fingerprint density at radius 1 is 0.889 bits per heavy atom. The van der Waals surface area contributed by atoms with Crippen molar-refractivity contribution in [2.45, 2.75) is 20.4 Å². The van der Waals surface area contributed by atoms with Gasteiger partial charge in [-0.25, -0.2) is 4.74 Å². The predicted octanol–water partition coefficient (Wildman–Crippen LogP) is 3.43. The molecule has 18 heavy (non-hydrogen) atoms. The highest BCUT2D eigenvalue weighted by atomic mass is 16.5. The van der Waals surface area contributed by atoms with Crippen molar-refractivity contribution in [3.05, 3.63) is 76.0 Å². The summed E-state index contributed by atoms with van der Waals surface area (Å²) >= 11 is 0. The second-order valence-corrected chi connectivity index (χ2v) is 4.60. The van der Waals surface area contributed by atoms with Crippen LogP contribution in [0.15, 0.2) is 48.5 Å². The van der Waals surface area contributed by atoms with Gasteiger partial charge >= 0.3 is 0 Å². The first-order chi connectivity index (χ1) is 8.63. The summed E-state index contributed by atoms with van der Waals surface area (Å²) < 4.78 is 0.968. The zero-order chi connectivity index (χ0) is 13.0. The van der Waals surface area contributed by atoms with Crippen molar-refractivity contribution in [2.24, 2.45) is 0 Å². The standard InChI is InChI=1S/C16H17NO/c1-13-3-7-15(8-4-13)11-17(18)12-16-9-5-14(2)6-10-16/h3-11H,12H2,1-2H3/b17-11-. The van der Waals surface area contributed by atoms with Gasteiger partial charge in [0.15, 0.2) is 12.8 Å². The van der Waals surface area contributed by atoms with Gasteiger partial charge in [-0.2, -0.15) is 0 Å². The molecule has 0 saturated heterocycles. The summed E-state index contributed by atoms with van der Waals surface area (Å²) in [6.07, 6.45) is 1.62. The summed E-state index contributed by atoms with van der Waals surface area (Å²) in [4.78, 5) is 0. The van der Waals surface area contributed by atoms with E-state index < -0.39 is 0 Å². The van der Waals surface area contributed by atoms with Crippen LogP contribution in [-0.2, 0) is 6.54 Å². The van der Waals surface area contributed by atoms with Gasteiger partial charge in [0.25, 0.3) is 0 Å². The first kappa shape index (κ1) is 12.4. The Balaban J connectivity index is 2.09. The van der Waals surface area contributed by atoms with Crippen molar-refractivity contribution in [3.8, 4) is 0 Å². The number of hydrogen-bond acceptors (Lipinski definition) is 1. The smallest absolute Gasteiger partial charge is 0.182 e. The van der Waals surface area contributed by atoms with E-state index in [0.29, 0.717) is 6.54 Å². The first-order valence-corrected chi connectivity index (χ1v) is 6.04. The zero-order valence-electron chi connectivity index (χ0n) is 10.8. The highest BCUT2D eigenvalue weighted by Gasteiger charge is 1.99. The Bertz CT molecular complexity index is 538. The molecule has 2 heteroatoms. The number of hydroxylamine groups is 1. The molecule has 0 aliphatic heterocycles. The highest BCUT2D eigenvalue weighted by Crippen LogP contribution is 2.05. The van der Waals surface area contributed by atoms with Crippen LogP contribution in [0.3, 0.4) is 0 Å². The van der Waals surface area contributed by atoms with Crippen molar-refractivity contribution >= 4 is 6.21 Å². The summed E-state index contributed by atoms with van der Waals surface area (Å²) in [5, 5.41) is 11.8. The van der Waals surface area contributed by atoms with E-state index in [2.05, 4.69) is 0 Å². The molecule has 2 aromatic rings. The molecule has 0 heterocycles. The molecule has 0 unspecified atom stereocenters. The first-order valence-electron chi connectivity index (χ1n) is 6.04. The average molecular weight is 239 g/mol. The number of nitrogens with zero attached hydrogens (tertiary/aromatic N) is 1. The van der Waals surface area contributed by atoms with E-state index in [9.17, 15) is 5.21 Å². The molecule has 0 N–H and O–H groups in total. The lowest BCUT2D eigenvalue weighted by atomic mass is 10.1. The normalized spacial score (nSPS) is 11.6. The fraction of sp³-hybridized carbons (Fsp3) is 0.188. The van der Waals surface area contributed by atoms with Crippen molar-refractivity contribution in [1.29, 1.82) is 0 Å². The van der Waals surface area contributed by atoms with Crippen molar-refractivity contribution in [1.82, 2.24) is 0 Å². The second-order valence-electron chi connectivity index (χ2n) is 4.60. The second kappa shape index (κ2) is 5.50. The minimum absolute atomic E-state index is 0.383. The van der Waals surface area contributed by atoms with E-state index in [1.165, 1.54) is 11.1 Å². The van der Waals surface area contributed by atoms with Gasteiger partial charge in [-0.05, 0) is 26.0 Å². The van der Waals surface area contributed by atoms with E-state index in [4.69, 9.17) is 0 Å². The van der Waals surface area contributed by atoms with E-state index in [1.807, 2.05) is 62.4 Å². The molecule has 0 aliphatic rings. The Morgan fingerprint density at radius 3 is 1.94 bits per heavy atom. The van der Waals surface area contributed by atoms with E-state index in [-0.39, 0.29) is 0 Å². The lowest BCUT2D eigenvalue weighted by Gasteiger charge is -2.04. The largest absolute Gasteiger partial charge is 0.624 e. The topological polar surface area (TPSA) is 26.1 Å². The summed E-state index contributed by atoms with van der Waals surface area (Å²) in [6, 6.07) is 15.9. The molecule has 0 aliphatic carbocycles. The Labute approximate surface area is 108 Å². The molecular formula is C16H17NO. The van der Waals surface area contributed by atoms with Crippen LogP contribution >= 0.6 is 0 Å². The van der Waals surface area contributed by atoms with Gasteiger partial charge in [0.2, 0.25) is 0 Å². The summed E-state index contributed by atoms with van der Waals surface area (Å²) in [5.74, 6) is 0. The molecular weight excluding hydrogens is 222 g/mol. The molecule has 2 rings (SSSR count). The van der Waals surface area contributed by atoms with Crippen LogP contribution in [-0.4, -0.2) is 11.0 Å². The molecule has 0 amide bonds. The summed E-state index contributed by atoms with van der Waals surface area (Å²) in [5.41, 5.74) is 4.36. The van der Waals surface area contributed by atoms with E-state index in [1.54, 1.807) is 6.21 Å². The maximum atomic E-state index is 11.8. The third-order valence-electron chi connectivity index (χ3n) is 2.83. The van der Waals surface area contributed by atoms with Crippen LogP contribution in [0.25, 0.3) is 0 Å². The molecule has 0 atom stereocenters. The number of aryl methyl sites for hydroxylation is 2. The van der Waals surface area contributed by atoms with Crippen molar-refractivity contribution in [3.63, 3.8) is 0 Å². The molecule has 0 radical (unpaired) electrons. The van der Waals surface area contributed by atoms with Crippen LogP contribution in [0.1, 0.15) is 22.3 Å². The monoisotopic (exact) mass is 239 g/mol. The number of benzene rings is 2. The maximum Gasteiger partial charge on any atom is 0.182 e. The minimum Gasteiger partial charge on any atom is -0.624 e. The average Bonchev–Trinajstić information content (AvgIpc) is 2.35. The minimum atomic E-state index is 0.383. The summed E-state index contributed by atoms with van der Waals surface area (Å²) in [7, 11) is 0. The van der Waals surface area contributed by atoms with Gasteiger partial charge < -0.3 is 5.21 Å². The molecule has 2 nitrogen and oxygen atoms in total. The van der Waals surface area contributed by atoms with Crippen molar-refractivity contribution < 1.29 is 4.74 Å². The zero-order valence-corrected chi connectivity index (χ0v) is 10.8. The molecule has 0 aromatic heterocycles. The van der Waals surface area contributed by atoms with Gasteiger partial charge in [0, 0.05) is 11.1 Å². The molecule has 0 spiro atoms. The maximum absolute atomic E-state index is 11.8. The van der Waals surface area contributed by atoms with Crippen LogP contribution in [0, 0.1) is 19.1 Å². The quantitative estimate of drug-likeness (QED) is 0.349. The fourth-order valence-electron chi connectivity index (χ4n) is 1.74. The Kier molecular flexibility index (Phi) is 3.78. The lowest BCUT2D eigenvalue weighted by molar-refractivity contribution is -0.469. The van der Waals surface area contributed by atoms with Crippen molar-refractivity contribution in [2.75, 3.05) is 0 Å². The van der Waals surface area contributed by atoms with Crippen LogP contribution in [0.4, 0.5) is 0 Å². The van der Waals surface area contributed by atoms with Crippen LogP contribution in [0.5, 0.6) is 0 Å². The van der Waals surface area contributed by atoms with Gasteiger partial charge in [0.05, 0.1) is 0 Å². The van der Waals surface area contributed by atoms with Gasteiger partial charge in [-0.3, -0.25) is 0 Å². The van der Waals surface area contributed by atoms with Crippen LogP contribution < -0.4 is 0 Å². The van der Waals surface area contributed by atoms with E-state index >= 15 is 0 Å². The van der Waals surface area contributed by atoms with Gasteiger partial charge in [-0.15, -0.1) is 0 Å². The van der Waals surface area contributed by atoms with Gasteiger partial charge in [-0.1, -0.05) is 47.5 Å². The van der Waals surface area contributed by atoms with Gasteiger partial charge in [0.1, 0.15) is 0 Å². The van der Waals surface area contributed by atoms with Crippen LogP contribution in [0.2, 0.25) is 0 Å². The van der Waals surface area contributed by atoms with E-state index in [0.717, 1.165) is 15.9 Å². The lowest BCUT2D eigenvalue weighted by Crippen LogP contribution is -2.05. The molecule has 2 aromatic carbocycles. The Hall–Kier alpha value is -2.09. The molecule has 92 valence electrons. The number of rotatable bonds is 3. The number of hydrogen-bond donors (Lipinski definition) is 0. The third kappa shape index (κ3) is 3.45. The Morgan fingerprint density at radius 2 is 1.39 bits per heavy atom. The summed E-state index contributed by atoms with van der Waals surface area (Å²) in [6.45, 7) is 4.45. The molecule has 0 bridgehead atoms. The molecule has 0 saturated carbocycles. The molecule has 0 fully saturated rings. The SMILES string of the molecule is Cc1ccc(/C=[N+](\[O-])Cc2ccc(C)cc2)cc1. The third-order valence-corrected chi connectivity index (χ3v) is 2.83.